The van der Waals surface area contributed by atoms with Gasteiger partial charge in [0.2, 0.25) is 0 Å². The molecule has 8 heteroatoms. The zero-order valence-corrected chi connectivity index (χ0v) is 12.1. The zero-order chi connectivity index (χ0) is 15.6. The third-order valence-electron chi connectivity index (χ3n) is 2.77. The normalized spacial score (nSPS) is 10.2. The average Bonchev–Trinajstić information content (AvgIpc) is 2.69. The molecule has 0 aliphatic carbocycles. The number of benzene rings is 1. The number of carboxylic acid groups (broad SMARTS) is 1. The van der Waals surface area contributed by atoms with Gasteiger partial charge in [-0.3, -0.25) is 5.10 Å². The van der Waals surface area contributed by atoms with E-state index in [1.54, 1.807) is 13.8 Å². The van der Waals surface area contributed by atoms with E-state index in [1.165, 1.54) is 18.2 Å². The Morgan fingerprint density at radius 1 is 1.24 bits per heavy atom. The van der Waals surface area contributed by atoms with Gasteiger partial charge in [0.25, 0.3) is 0 Å². The number of carbonyl (C=O) groups excluding carboxylic acids is 1. The molecule has 4 N–H and O–H groups in total. The van der Waals surface area contributed by atoms with Crippen LogP contribution in [0, 0.1) is 13.8 Å². The van der Waals surface area contributed by atoms with E-state index in [-0.39, 0.29) is 16.3 Å². The molecule has 1 heterocycles. The standard InChI is InChI=1S/C13H13ClN4O3/c1-6-11(7(2)18-17-6)16-13(21)15-10-4-8(12(19)20)3-9(14)5-10/h3-5H,1-2H3,(H,17,18)(H,19,20)(H2,15,16,21). The van der Waals surface area contributed by atoms with Crippen LogP contribution in [0.5, 0.6) is 0 Å². The topological polar surface area (TPSA) is 107 Å². The molecule has 0 unspecified atom stereocenters. The van der Waals surface area contributed by atoms with Gasteiger partial charge >= 0.3 is 12.0 Å². The van der Waals surface area contributed by atoms with Crippen LogP contribution in [0.25, 0.3) is 0 Å². The highest BCUT2D eigenvalue weighted by atomic mass is 35.5. The molecule has 0 saturated carbocycles. The summed E-state index contributed by atoms with van der Waals surface area (Å²) in [6, 6.07) is 3.57. The maximum Gasteiger partial charge on any atom is 0.335 e. The van der Waals surface area contributed by atoms with Gasteiger partial charge in [-0.1, -0.05) is 11.6 Å². The van der Waals surface area contributed by atoms with E-state index >= 15 is 0 Å². The summed E-state index contributed by atoms with van der Waals surface area (Å²) in [5, 5.41) is 21.1. The number of aromatic nitrogens is 2. The fourth-order valence-electron chi connectivity index (χ4n) is 1.80. The molecule has 0 atom stereocenters. The zero-order valence-electron chi connectivity index (χ0n) is 11.3. The smallest absolute Gasteiger partial charge is 0.335 e. The van der Waals surface area contributed by atoms with Gasteiger partial charge in [-0.05, 0) is 32.0 Å². The molecule has 0 aliphatic rings. The molecule has 0 aliphatic heterocycles. The van der Waals surface area contributed by atoms with E-state index in [0.29, 0.717) is 11.4 Å². The van der Waals surface area contributed by atoms with E-state index in [0.717, 1.165) is 5.69 Å². The Bertz CT molecular complexity index is 692. The molecule has 2 aromatic rings. The number of aromatic amines is 1. The maximum absolute atomic E-state index is 11.9. The fourth-order valence-corrected chi connectivity index (χ4v) is 2.03. The third-order valence-corrected chi connectivity index (χ3v) is 2.99. The first-order valence-electron chi connectivity index (χ1n) is 6.00. The van der Waals surface area contributed by atoms with Crippen LogP contribution in [-0.2, 0) is 0 Å². The molecule has 0 fully saturated rings. The minimum absolute atomic E-state index is 0.00604. The van der Waals surface area contributed by atoms with Gasteiger partial charge in [0.05, 0.1) is 22.6 Å². The first kappa shape index (κ1) is 14.9. The molecule has 1 aromatic heterocycles. The van der Waals surface area contributed by atoms with Gasteiger partial charge in [0, 0.05) is 10.7 Å². The first-order chi connectivity index (χ1) is 9.86. The molecule has 0 radical (unpaired) electrons. The second-order valence-electron chi connectivity index (χ2n) is 4.42. The lowest BCUT2D eigenvalue weighted by molar-refractivity contribution is 0.0697. The Balaban J connectivity index is 2.15. The SMILES string of the molecule is Cc1n[nH]c(C)c1NC(=O)Nc1cc(Cl)cc(C(=O)O)c1. The largest absolute Gasteiger partial charge is 0.478 e. The Hall–Kier alpha value is -2.54. The number of halogens is 1. The number of carbonyl (C=O) groups is 2. The predicted molar refractivity (Wildman–Crippen MR) is 79.1 cm³/mol. The molecule has 2 rings (SSSR count). The van der Waals surface area contributed by atoms with Crippen LogP contribution in [0.4, 0.5) is 16.2 Å². The molecule has 110 valence electrons. The van der Waals surface area contributed by atoms with Crippen LogP contribution >= 0.6 is 11.6 Å². The van der Waals surface area contributed by atoms with Crippen LogP contribution in [0.15, 0.2) is 18.2 Å². The average molecular weight is 309 g/mol. The highest BCUT2D eigenvalue weighted by molar-refractivity contribution is 6.31. The second-order valence-corrected chi connectivity index (χ2v) is 4.86. The summed E-state index contributed by atoms with van der Waals surface area (Å²) >= 11 is 5.82. The summed E-state index contributed by atoms with van der Waals surface area (Å²) < 4.78 is 0. The Morgan fingerprint density at radius 2 is 1.95 bits per heavy atom. The van der Waals surface area contributed by atoms with Crippen molar-refractivity contribution < 1.29 is 14.7 Å². The molecular formula is C13H13ClN4O3. The van der Waals surface area contributed by atoms with Gasteiger partial charge in [-0.25, -0.2) is 9.59 Å². The van der Waals surface area contributed by atoms with Crippen molar-refractivity contribution in [3.63, 3.8) is 0 Å². The number of urea groups is 1. The lowest BCUT2D eigenvalue weighted by atomic mass is 10.2. The lowest BCUT2D eigenvalue weighted by Gasteiger charge is -2.09. The molecule has 21 heavy (non-hydrogen) atoms. The maximum atomic E-state index is 11.9. The van der Waals surface area contributed by atoms with Crippen molar-refractivity contribution >= 4 is 35.0 Å². The van der Waals surface area contributed by atoms with Crippen molar-refractivity contribution in [2.24, 2.45) is 0 Å². The van der Waals surface area contributed by atoms with E-state index in [9.17, 15) is 9.59 Å². The van der Waals surface area contributed by atoms with Crippen molar-refractivity contribution in [3.8, 4) is 0 Å². The van der Waals surface area contributed by atoms with E-state index in [4.69, 9.17) is 16.7 Å². The minimum atomic E-state index is -1.12. The number of nitrogens with one attached hydrogen (secondary N) is 3. The first-order valence-corrected chi connectivity index (χ1v) is 6.38. The van der Waals surface area contributed by atoms with E-state index in [1.807, 2.05) is 0 Å². The molecule has 1 aromatic carbocycles. The van der Waals surface area contributed by atoms with Gasteiger partial charge in [-0.15, -0.1) is 0 Å². The molecule has 7 nitrogen and oxygen atoms in total. The summed E-state index contributed by atoms with van der Waals surface area (Å²) in [4.78, 5) is 22.9. The summed E-state index contributed by atoms with van der Waals surface area (Å²) in [5.41, 5.74) is 2.23. The number of anilines is 2. The lowest BCUT2D eigenvalue weighted by Crippen LogP contribution is -2.20. The predicted octanol–water partition coefficient (Wildman–Crippen LogP) is 3.02. The molecule has 0 spiro atoms. The quantitative estimate of drug-likeness (QED) is 0.699. The van der Waals surface area contributed by atoms with Gasteiger partial charge < -0.3 is 15.7 Å². The monoisotopic (exact) mass is 308 g/mol. The number of hydrogen-bond donors (Lipinski definition) is 4. The summed E-state index contributed by atoms with van der Waals surface area (Å²) in [6.07, 6.45) is 0. The number of hydrogen-bond acceptors (Lipinski definition) is 3. The Morgan fingerprint density at radius 3 is 2.52 bits per heavy atom. The third kappa shape index (κ3) is 3.51. The minimum Gasteiger partial charge on any atom is -0.478 e. The summed E-state index contributed by atoms with van der Waals surface area (Å²) in [7, 11) is 0. The number of rotatable bonds is 3. The van der Waals surface area contributed by atoms with Crippen LogP contribution in [0.2, 0.25) is 5.02 Å². The Labute approximate surface area is 125 Å². The molecule has 0 saturated heterocycles. The number of aromatic carboxylic acids is 1. The highest BCUT2D eigenvalue weighted by Gasteiger charge is 2.12. The van der Waals surface area contributed by atoms with Crippen molar-refractivity contribution in [2.45, 2.75) is 13.8 Å². The fraction of sp³-hybridized carbons (Fsp3) is 0.154. The highest BCUT2D eigenvalue weighted by Crippen LogP contribution is 2.20. The number of carboxylic acids is 1. The Kier molecular flexibility index (Phi) is 4.13. The number of nitrogens with zero attached hydrogens (tertiary/aromatic N) is 1. The number of amides is 2. The van der Waals surface area contributed by atoms with Crippen LogP contribution in [0.1, 0.15) is 21.7 Å². The van der Waals surface area contributed by atoms with Crippen LogP contribution in [0.3, 0.4) is 0 Å². The molecule has 0 bridgehead atoms. The van der Waals surface area contributed by atoms with Crippen LogP contribution in [-0.4, -0.2) is 27.3 Å². The van der Waals surface area contributed by atoms with Crippen molar-refractivity contribution in [1.82, 2.24) is 10.2 Å². The van der Waals surface area contributed by atoms with Crippen LogP contribution < -0.4 is 10.6 Å². The van der Waals surface area contributed by atoms with E-state index in [2.05, 4.69) is 20.8 Å². The van der Waals surface area contributed by atoms with E-state index < -0.39 is 12.0 Å². The van der Waals surface area contributed by atoms with Gasteiger partial charge in [0.15, 0.2) is 0 Å². The van der Waals surface area contributed by atoms with Crippen molar-refractivity contribution in [3.05, 3.63) is 40.2 Å². The molecule has 2 amide bonds. The van der Waals surface area contributed by atoms with Crippen molar-refractivity contribution in [1.29, 1.82) is 0 Å². The second kappa shape index (κ2) is 5.84. The number of aryl methyl sites for hydroxylation is 2. The summed E-state index contributed by atoms with van der Waals surface area (Å²) in [6.45, 7) is 3.53. The molecular weight excluding hydrogens is 296 g/mol. The summed E-state index contributed by atoms with van der Waals surface area (Å²) in [5.74, 6) is -1.12. The van der Waals surface area contributed by atoms with Gasteiger partial charge in [-0.2, -0.15) is 5.10 Å². The van der Waals surface area contributed by atoms with Crippen molar-refractivity contribution in [2.75, 3.05) is 10.6 Å². The van der Waals surface area contributed by atoms with Gasteiger partial charge in [0.1, 0.15) is 0 Å². The number of H-pyrrole nitrogens is 1.